The van der Waals surface area contributed by atoms with E-state index in [0.717, 1.165) is 6.42 Å². The number of rotatable bonds is 10. The van der Waals surface area contributed by atoms with Gasteiger partial charge in [0.25, 0.3) is 5.91 Å². The second kappa shape index (κ2) is 12.1. The number of nitrogens with one attached hydrogen (secondary N) is 1. The summed E-state index contributed by atoms with van der Waals surface area (Å²) in [6, 6.07) is 18.4. The van der Waals surface area contributed by atoms with E-state index in [1.807, 2.05) is 6.92 Å². The SMILES string of the molecule is CCCOc1ccc(C(=O)Oc2ccc(C=NNC(=O)c3cccc(OC)c3)cc2OC)cc1. The molecule has 0 heterocycles. The van der Waals surface area contributed by atoms with Crippen LogP contribution >= 0.6 is 0 Å². The smallest absolute Gasteiger partial charge is 0.343 e. The average molecular weight is 463 g/mol. The van der Waals surface area contributed by atoms with Crippen LogP contribution in [0.25, 0.3) is 0 Å². The highest BCUT2D eigenvalue weighted by molar-refractivity contribution is 5.95. The molecule has 8 nitrogen and oxygen atoms in total. The van der Waals surface area contributed by atoms with Crippen LogP contribution in [0.3, 0.4) is 0 Å². The second-order valence-electron chi connectivity index (χ2n) is 7.10. The third-order valence-electron chi connectivity index (χ3n) is 4.66. The molecule has 0 unspecified atom stereocenters. The molecule has 0 radical (unpaired) electrons. The van der Waals surface area contributed by atoms with Crippen LogP contribution < -0.4 is 24.4 Å². The molecular weight excluding hydrogens is 436 g/mol. The van der Waals surface area contributed by atoms with Gasteiger partial charge in [-0.3, -0.25) is 4.79 Å². The summed E-state index contributed by atoms with van der Waals surface area (Å²) in [6.45, 7) is 2.63. The van der Waals surface area contributed by atoms with Gasteiger partial charge in [-0.05, 0) is 72.6 Å². The first-order valence-corrected chi connectivity index (χ1v) is 10.6. The first-order valence-electron chi connectivity index (χ1n) is 10.6. The summed E-state index contributed by atoms with van der Waals surface area (Å²) in [4.78, 5) is 24.8. The Hall–Kier alpha value is -4.33. The lowest BCUT2D eigenvalue weighted by Gasteiger charge is -2.10. The Labute approximate surface area is 198 Å². The summed E-state index contributed by atoms with van der Waals surface area (Å²) in [7, 11) is 3.00. The van der Waals surface area contributed by atoms with Crippen molar-refractivity contribution in [2.24, 2.45) is 5.10 Å². The van der Waals surface area contributed by atoms with Gasteiger partial charge in [-0.2, -0.15) is 5.10 Å². The molecule has 0 aliphatic rings. The van der Waals surface area contributed by atoms with Crippen LogP contribution in [0.15, 0.2) is 71.8 Å². The van der Waals surface area contributed by atoms with Crippen LogP contribution in [-0.2, 0) is 0 Å². The van der Waals surface area contributed by atoms with Gasteiger partial charge in [-0.15, -0.1) is 0 Å². The standard InChI is InChI=1S/C26H26N2O6/c1-4-14-33-21-11-9-19(10-12-21)26(30)34-23-13-8-18(15-24(23)32-3)17-27-28-25(29)20-6-5-7-22(16-20)31-2/h5-13,15-17H,4,14H2,1-3H3,(H,28,29). The van der Waals surface area contributed by atoms with Gasteiger partial charge in [0, 0.05) is 5.56 Å². The summed E-state index contributed by atoms with van der Waals surface area (Å²) in [5, 5.41) is 3.98. The Kier molecular flexibility index (Phi) is 8.62. The average Bonchev–Trinajstić information content (AvgIpc) is 2.88. The molecule has 3 aromatic carbocycles. The third-order valence-corrected chi connectivity index (χ3v) is 4.66. The lowest BCUT2D eigenvalue weighted by atomic mass is 10.2. The largest absolute Gasteiger partial charge is 0.497 e. The molecule has 0 saturated carbocycles. The number of hydrogen-bond acceptors (Lipinski definition) is 7. The van der Waals surface area contributed by atoms with E-state index in [4.69, 9.17) is 18.9 Å². The summed E-state index contributed by atoms with van der Waals surface area (Å²) in [5.41, 5.74) is 3.90. The molecular formula is C26H26N2O6. The molecule has 176 valence electrons. The van der Waals surface area contributed by atoms with E-state index in [2.05, 4.69) is 10.5 Å². The Balaban J connectivity index is 1.63. The van der Waals surface area contributed by atoms with E-state index in [1.165, 1.54) is 20.4 Å². The van der Waals surface area contributed by atoms with Crippen molar-refractivity contribution in [2.45, 2.75) is 13.3 Å². The molecule has 0 atom stereocenters. The highest BCUT2D eigenvalue weighted by Gasteiger charge is 2.13. The minimum absolute atomic E-state index is 0.261. The molecule has 8 heteroatoms. The summed E-state index contributed by atoms with van der Waals surface area (Å²) < 4.78 is 21.5. The van der Waals surface area contributed by atoms with Gasteiger partial charge in [-0.25, -0.2) is 10.2 Å². The fraction of sp³-hybridized carbons (Fsp3) is 0.192. The molecule has 0 fully saturated rings. The van der Waals surface area contributed by atoms with E-state index in [-0.39, 0.29) is 11.7 Å². The lowest BCUT2D eigenvalue weighted by molar-refractivity contribution is 0.0729. The van der Waals surface area contributed by atoms with Gasteiger partial charge in [0.05, 0.1) is 32.6 Å². The number of hydrazone groups is 1. The van der Waals surface area contributed by atoms with Gasteiger partial charge in [0.2, 0.25) is 0 Å². The van der Waals surface area contributed by atoms with Crippen LogP contribution in [0.1, 0.15) is 39.6 Å². The number of benzene rings is 3. The summed E-state index contributed by atoms with van der Waals surface area (Å²) in [6.07, 6.45) is 2.36. The molecule has 3 rings (SSSR count). The third kappa shape index (κ3) is 6.59. The van der Waals surface area contributed by atoms with E-state index in [9.17, 15) is 9.59 Å². The van der Waals surface area contributed by atoms with Gasteiger partial charge in [0.1, 0.15) is 11.5 Å². The van der Waals surface area contributed by atoms with Gasteiger partial charge in [0.15, 0.2) is 11.5 Å². The molecule has 0 spiro atoms. The van der Waals surface area contributed by atoms with Crippen LogP contribution in [0.4, 0.5) is 0 Å². The number of amides is 1. The molecule has 3 aromatic rings. The van der Waals surface area contributed by atoms with E-state index < -0.39 is 5.97 Å². The van der Waals surface area contributed by atoms with Crippen LogP contribution in [-0.4, -0.2) is 38.9 Å². The highest BCUT2D eigenvalue weighted by atomic mass is 16.6. The Bertz CT molecular complexity index is 1160. The number of esters is 1. The molecule has 0 aliphatic carbocycles. The minimum Gasteiger partial charge on any atom is -0.497 e. The van der Waals surface area contributed by atoms with E-state index >= 15 is 0 Å². The highest BCUT2D eigenvalue weighted by Crippen LogP contribution is 2.28. The number of methoxy groups -OCH3 is 2. The second-order valence-corrected chi connectivity index (χ2v) is 7.10. The number of ether oxygens (including phenoxy) is 4. The lowest BCUT2D eigenvalue weighted by Crippen LogP contribution is -2.17. The van der Waals surface area contributed by atoms with Gasteiger partial charge >= 0.3 is 5.97 Å². The fourth-order valence-electron chi connectivity index (χ4n) is 2.91. The van der Waals surface area contributed by atoms with Crippen molar-refractivity contribution in [1.82, 2.24) is 5.43 Å². The van der Waals surface area contributed by atoms with Gasteiger partial charge in [-0.1, -0.05) is 13.0 Å². The van der Waals surface area contributed by atoms with E-state index in [0.29, 0.717) is 40.5 Å². The molecule has 1 amide bonds. The van der Waals surface area contributed by atoms with Crippen molar-refractivity contribution in [3.8, 4) is 23.0 Å². The molecule has 1 N–H and O–H groups in total. The first-order chi connectivity index (χ1) is 16.5. The van der Waals surface area contributed by atoms with Crippen molar-refractivity contribution in [2.75, 3.05) is 20.8 Å². The maximum atomic E-state index is 12.5. The first kappa shape index (κ1) is 24.3. The number of nitrogens with zero attached hydrogens (tertiary/aromatic N) is 1. The van der Waals surface area contributed by atoms with Crippen LogP contribution in [0.5, 0.6) is 23.0 Å². The molecule has 34 heavy (non-hydrogen) atoms. The predicted octanol–water partition coefficient (Wildman–Crippen LogP) is 4.48. The Morgan fingerprint density at radius 3 is 2.38 bits per heavy atom. The van der Waals surface area contributed by atoms with Crippen molar-refractivity contribution in [3.63, 3.8) is 0 Å². The topological polar surface area (TPSA) is 95.5 Å². The Morgan fingerprint density at radius 2 is 1.68 bits per heavy atom. The zero-order valence-electron chi connectivity index (χ0n) is 19.2. The summed E-state index contributed by atoms with van der Waals surface area (Å²) >= 11 is 0. The van der Waals surface area contributed by atoms with E-state index in [1.54, 1.807) is 66.7 Å². The number of carbonyl (C=O) groups is 2. The van der Waals surface area contributed by atoms with Gasteiger partial charge < -0.3 is 18.9 Å². The van der Waals surface area contributed by atoms with Crippen LogP contribution in [0, 0.1) is 0 Å². The molecule has 0 aromatic heterocycles. The minimum atomic E-state index is -0.521. The number of carbonyl (C=O) groups excluding carboxylic acids is 2. The zero-order valence-corrected chi connectivity index (χ0v) is 19.2. The summed E-state index contributed by atoms with van der Waals surface area (Å²) in [5.74, 6) is 0.979. The predicted molar refractivity (Wildman–Crippen MR) is 128 cm³/mol. The van der Waals surface area contributed by atoms with Crippen molar-refractivity contribution < 1.29 is 28.5 Å². The monoisotopic (exact) mass is 462 g/mol. The maximum absolute atomic E-state index is 12.5. The normalized spacial score (nSPS) is 10.6. The quantitative estimate of drug-likeness (QED) is 0.207. The Morgan fingerprint density at radius 1 is 0.882 bits per heavy atom. The molecule has 0 aliphatic heterocycles. The van der Waals surface area contributed by atoms with Crippen molar-refractivity contribution in [3.05, 3.63) is 83.4 Å². The van der Waals surface area contributed by atoms with Crippen molar-refractivity contribution >= 4 is 18.1 Å². The van der Waals surface area contributed by atoms with Crippen molar-refractivity contribution in [1.29, 1.82) is 0 Å². The zero-order chi connectivity index (χ0) is 24.3. The molecule has 0 bridgehead atoms. The van der Waals surface area contributed by atoms with Crippen LogP contribution in [0.2, 0.25) is 0 Å². The number of hydrogen-bond donors (Lipinski definition) is 1. The molecule has 0 saturated heterocycles. The maximum Gasteiger partial charge on any atom is 0.343 e. The fourth-order valence-corrected chi connectivity index (χ4v) is 2.91.